The first-order valence-electron chi connectivity index (χ1n) is 9.18. The van der Waals surface area contributed by atoms with E-state index in [1.54, 1.807) is 21.3 Å². The summed E-state index contributed by atoms with van der Waals surface area (Å²) in [6.45, 7) is 13.2. The lowest BCUT2D eigenvalue weighted by molar-refractivity contribution is 0.119. The van der Waals surface area contributed by atoms with E-state index >= 15 is 0 Å². The van der Waals surface area contributed by atoms with Gasteiger partial charge in [-0.15, -0.1) is 0 Å². The highest BCUT2D eigenvalue weighted by Crippen LogP contribution is 2.26. The summed E-state index contributed by atoms with van der Waals surface area (Å²) in [7, 11) is 1.53. The van der Waals surface area contributed by atoms with Crippen molar-refractivity contribution in [3.05, 3.63) is 0 Å². The molecular weight excluding hydrogens is 324 g/mol. The molecule has 0 aromatic rings. The molecule has 0 aromatic carbocycles. The minimum absolute atomic E-state index is 0.897. The van der Waals surface area contributed by atoms with E-state index in [1.807, 2.05) is 0 Å². The standard InChI is InChI=1S/C16H38N2O3Si2/c1-7-22(8-2,9-3)18-14-12-17(13-15-18)11-10-16-23(19-4,20-5)21-6/h7-16H2,1-6H3. The molecule has 23 heavy (non-hydrogen) atoms. The van der Waals surface area contributed by atoms with Gasteiger partial charge < -0.3 is 22.7 Å². The summed E-state index contributed by atoms with van der Waals surface area (Å²) in [6, 6.07) is 5.07. The zero-order chi connectivity index (χ0) is 17.3. The molecule has 1 saturated heterocycles. The highest BCUT2D eigenvalue weighted by atomic mass is 28.4. The molecule has 5 nitrogen and oxygen atoms in total. The fourth-order valence-corrected chi connectivity index (χ4v) is 9.64. The number of piperazine rings is 1. The SMILES string of the molecule is CC[Si](CC)(CC)N1CCN(CCC[Si](OC)(OC)OC)CC1. The van der Waals surface area contributed by atoms with Gasteiger partial charge in [-0.2, -0.15) is 0 Å². The molecule has 0 N–H and O–H groups in total. The summed E-state index contributed by atoms with van der Waals surface area (Å²) in [5.74, 6) is 0. The van der Waals surface area contributed by atoms with Gasteiger partial charge in [0.2, 0.25) is 0 Å². The van der Waals surface area contributed by atoms with Crippen LogP contribution in [0.5, 0.6) is 0 Å². The predicted molar refractivity (Wildman–Crippen MR) is 101 cm³/mol. The van der Waals surface area contributed by atoms with Crippen LogP contribution in [0.2, 0.25) is 24.2 Å². The summed E-state index contributed by atoms with van der Waals surface area (Å²) in [6.07, 6.45) is 1.08. The topological polar surface area (TPSA) is 34.2 Å². The van der Waals surface area contributed by atoms with E-state index in [9.17, 15) is 0 Å². The van der Waals surface area contributed by atoms with Gasteiger partial charge in [0.25, 0.3) is 0 Å². The molecule has 0 unspecified atom stereocenters. The predicted octanol–water partition coefficient (Wildman–Crippen LogP) is 2.88. The van der Waals surface area contributed by atoms with E-state index in [-0.39, 0.29) is 0 Å². The lowest BCUT2D eigenvalue weighted by Gasteiger charge is -2.46. The molecule has 1 rings (SSSR count). The lowest BCUT2D eigenvalue weighted by Crippen LogP contribution is -2.59. The van der Waals surface area contributed by atoms with Gasteiger partial charge in [0.15, 0.2) is 0 Å². The van der Waals surface area contributed by atoms with E-state index in [1.165, 1.54) is 44.3 Å². The van der Waals surface area contributed by atoms with Crippen LogP contribution in [0.25, 0.3) is 0 Å². The van der Waals surface area contributed by atoms with Crippen LogP contribution in [0.4, 0.5) is 0 Å². The van der Waals surface area contributed by atoms with E-state index in [0.29, 0.717) is 0 Å². The number of nitrogens with zero attached hydrogens (tertiary/aromatic N) is 2. The number of hydrogen-bond acceptors (Lipinski definition) is 5. The van der Waals surface area contributed by atoms with Crippen LogP contribution < -0.4 is 0 Å². The van der Waals surface area contributed by atoms with Crippen molar-refractivity contribution in [2.24, 2.45) is 0 Å². The highest BCUT2D eigenvalue weighted by Gasteiger charge is 2.38. The fraction of sp³-hybridized carbons (Fsp3) is 1.00. The van der Waals surface area contributed by atoms with Crippen LogP contribution in [-0.4, -0.2) is 80.6 Å². The smallest absolute Gasteiger partial charge is 0.377 e. The Hall–Kier alpha value is 0.234. The second kappa shape index (κ2) is 10.3. The van der Waals surface area contributed by atoms with Gasteiger partial charge in [0.1, 0.15) is 8.24 Å². The van der Waals surface area contributed by atoms with Crippen LogP contribution >= 0.6 is 0 Å². The van der Waals surface area contributed by atoms with Crippen LogP contribution in [0, 0.1) is 0 Å². The van der Waals surface area contributed by atoms with Crippen molar-refractivity contribution in [2.75, 3.05) is 54.1 Å². The largest absolute Gasteiger partial charge is 0.500 e. The van der Waals surface area contributed by atoms with Gasteiger partial charge in [0.05, 0.1) is 0 Å². The van der Waals surface area contributed by atoms with Gasteiger partial charge in [-0.25, -0.2) is 0 Å². The van der Waals surface area contributed by atoms with Crippen LogP contribution in [0.3, 0.4) is 0 Å². The molecule has 7 heteroatoms. The maximum absolute atomic E-state index is 5.50. The molecule has 0 aliphatic carbocycles. The van der Waals surface area contributed by atoms with E-state index in [4.69, 9.17) is 13.3 Å². The van der Waals surface area contributed by atoms with Gasteiger partial charge >= 0.3 is 8.80 Å². The van der Waals surface area contributed by atoms with Crippen molar-refractivity contribution in [2.45, 2.75) is 51.4 Å². The summed E-state index contributed by atoms with van der Waals surface area (Å²) in [5, 5.41) is 0. The summed E-state index contributed by atoms with van der Waals surface area (Å²) in [4.78, 5) is 2.59. The van der Waals surface area contributed by atoms with E-state index in [2.05, 4.69) is 30.2 Å². The number of rotatable bonds is 11. The van der Waals surface area contributed by atoms with Gasteiger partial charge in [-0.05, 0) is 31.1 Å². The van der Waals surface area contributed by atoms with Crippen molar-refractivity contribution >= 4 is 17.0 Å². The quantitative estimate of drug-likeness (QED) is 0.528. The molecule has 0 bridgehead atoms. The van der Waals surface area contributed by atoms with Crippen molar-refractivity contribution in [3.8, 4) is 0 Å². The maximum Gasteiger partial charge on any atom is 0.500 e. The summed E-state index contributed by atoms with van der Waals surface area (Å²) < 4.78 is 19.4. The first kappa shape index (κ1) is 21.3. The van der Waals surface area contributed by atoms with Gasteiger partial charge in [0, 0.05) is 53.6 Å². The average Bonchev–Trinajstić information content (AvgIpc) is 2.62. The van der Waals surface area contributed by atoms with Crippen molar-refractivity contribution in [1.29, 1.82) is 0 Å². The molecule has 0 saturated carbocycles. The Morgan fingerprint density at radius 1 is 0.783 bits per heavy atom. The summed E-state index contributed by atoms with van der Waals surface area (Å²) in [5.41, 5.74) is 0. The first-order chi connectivity index (χ1) is 11.0. The lowest BCUT2D eigenvalue weighted by atomic mass is 10.3. The van der Waals surface area contributed by atoms with E-state index in [0.717, 1.165) is 19.0 Å². The first-order valence-corrected chi connectivity index (χ1v) is 13.7. The zero-order valence-corrected chi connectivity index (χ0v) is 18.2. The Kier molecular flexibility index (Phi) is 9.51. The highest BCUT2D eigenvalue weighted by molar-refractivity contribution is 6.77. The minimum Gasteiger partial charge on any atom is -0.377 e. The van der Waals surface area contributed by atoms with Crippen LogP contribution in [-0.2, 0) is 13.3 Å². The molecule has 1 aliphatic heterocycles. The maximum atomic E-state index is 5.50. The molecule has 1 heterocycles. The second-order valence-electron chi connectivity index (χ2n) is 6.51. The normalized spacial score (nSPS) is 18.5. The van der Waals surface area contributed by atoms with Crippen LogP contribution in [0.1, 0.15) is 27.2 Å². The third-order valence-corrected chi connectivity index (χ3v) is 14.5. The molecule has 0 aromatic heterocycles. The molecule has 1 fully saturated rings. The molecule has 0 amide bonds. The Morgan fingerprint density at radius 3 is 1.65 bits per heavy atom. The Morgan fingerprint density at radius 2 is 1.26 bits per heavy atom. The van der Waals surface area contributed by atoms with Crippen molar-refractivity contribution in [1.82, 2.24) is 9.47 Å². The second-order valence-corrected chi connectivity index (χ2v) is 14.8. The summed E-state index contributed by atoms with van der Waals surface area (Å²) >= 11 is 0. The monoisotopic (exact) mass is 362 g/mol. The zero-order valence-electron chi connectivity index (χ0n) is 16.2. The fourth-order valence-electron chi connectivity index (χ4n) is 3.94. The Bertz CT molecular complexity index is 299. The Labute approximate surface area is 145 Å². The molecule has 138 valence electrons. The molecular formula is C16H38N2O3Si2. The molecule has 0 atom stereocenters. The molecule has 1 aliphatic rings. The van der Waals surface area contributed by atoms with E-state index < -0.39 is 17.0 Å². The molecule has 0 spiro atoms. The minimum atomic E-state index is -2.39. The van der Waals surface area contributed by atoms with Gasteiger partial charge in [-0.1, -0.05) is 20.8 Å². The third-order valence-electron chi connectivity index (χ3n) is 5.91. The third kappa shape index (κ3) is 5.35. The average molecular weight is 363 g/mol. The molecule has 0 radical (unpaired) electrons. The van der Waals surface area contributed by atoms with Crippen LogP contribution in [0.15, 0.2) is 0 Å². The number of hydrogen-bond donors (Lipinski definition) is 0. The van der Waals surface area contributed by atoms with Crippen molar-refractivity contribution in [3.63, 3.8) is 0 Å². The van der Waals surface area contributed by atoms with Gasteiger partial charge in [-0.3, -0.25) is 0 Å². The van der Waals surface area contributed by atoms with Crippen molar-refractivity contribution < 1.29 is 13.3 Å². The Balaban J connectivity index is 2.40.